The van der Waals surface area contributed by atoms with Crippen LogP contribution >= 0.6 is 0 Å². The molecule has 1 saturated heterocycles. The van der Waals surface area contributed by atoms with Crippen LogP contribution in [0.3, 0.4) is 0 Å². The molecule has 4 heteroatoms. The van der Waals surface area contributed by atoms with E-state index < -0.39 is 5.41 Å². The lowest BCUT2D eigenvalue weighted by molar-refractivity contribution is -0.125. The van der Waals surface area contributed by atoms with Gasteiger partial charge >= 0.3 is 0 Å². The van der Waals surface area contributed by atoms with E-state index in [9.17, 15) is 9.90 Å². The van der Waals surface area contributed by atoms with Crippen molar-refractivity contribution in [2.45, 2.75) is 11.8 Å². The van der Waals surface area contributed by atoms with Crippen LogP contribution < -0.4 is 0 Å². The fourth-order valence-electron chi connectivity index (χ4n) is 3.32. The van der Waals surface area contributed by atoms with Gasteiger partial charge in [-0.1, -0.05) is 48.5 Å². The molecule has 1 atom stereocenters. The third kappa shape index (κ3) is 3.47. The highest BCUT2D eigenvalue weighted by atomic mass is 16.3. The van der Waals surface area contributed by atoms with E-state index in [2.05, 4.69) is 6.07 Å². The minimum Gasteiger partial charge on any atom is -0.395 e. The Balaban J connectivity index is 1.74. The first kappa shape index (κ1) is 16.9. The van der Waals surface area contributed by atoms with Gasteiger partial charge in [0.2, 0.25) is 5.91 Å². The molecule has 25 heavy (non-hydrogen) atoms. The molecule has 1 unspecified atom stereocenters. The summed E-state index contributed by atoms with van der Waals surface area (Å²) in [6.45, 7) is 1.12. The van der Waals surface area contributed by atoms with Crippen LogP contribution in [-0.4, -0.2) is 35.6 Å². The van der Waals surface area contributed by atoms with Crippen LogP contribution in [0.4, 0.5) is 0 Å². The molecule has 1 amide bonds. The lowest BCUT2D eigenvalue weighted by atomic mass is 9.80. The molecular formula is C21H20N2O2. The van der Waals surface area contributed by atoms with Crippen LogP contribution in [0.25, 0.3) is 6.08 Å². The molecule has 0 saturated carbocycles. The van der Waals surface area contributed by atoms with Gasteiger partial charge in [0.25, 0.3) is 0 Å². The maximum atomic E-state index is 12.5. The molecule has 2 aromatic carbocycles. The Hall–Kier alpha value is -2.90. The van der Waals surface area contributed by atoms with E-state index in [0.717, 1.165) is 17.5 Å². The van der Waals surface area contributed by atoms with Crippen molar-refractivity contribution in [1.29, 1.82) is 5.26 Å². The zero-order chi connectivity index (χ0) is 17.7. The van der Waals surface area contributed by atoms with Crippen molar-refractivity contribution >= 4 is 12.0 Å². The Bertz CT molecular complexity index is 823. The van der Waals surface area contributed by atoms with Gasteiger partial charge in [-0.05, 0) is 29.7 Å². The number of rotatable bonds is 4. The van der Waals surface area contributed by atoms with Gasteiger partial charge in [0.05, 0.1) is 18.2 Å². The Kier molecular flexibility index (Phi) is 4.97. The van der Waals surface area contributed by atoms with Gasteiger partial charge in [-0.15, -0.1) is 0 Å². The van der Waals surface area contributed by atoms with Crippen molar-refractivity contribution in [3.63, 3.8) is 0 Å². The van der Waals surface area contributed by atoms with Crippen molar-refractivity contribution in [3.8, 4) is 6.07 Å². The monoisotopic (exact) mass is 332 g/mol. The first-order chi connectivity index (χ1) is 12.2. The Morgan fingerprint density at radius 1 is 1.20 bits per heavy atom. The van der Waals surface area contributed by atoms with Crippen LogP contribution in [0.2, 0.25) is 0 Å². The number of aliphatic hydroxyl groups is 1. The molecule has 1 N–H and O–H groups in total. The van der Waals surface area contributed by atoms with Crippen molar-refractivity contribution in [3.05, 3.63) is 77.4 Å². The summed E-state index contributed by atoms with van der Waals surface area (Å²) in [6.07, 6.45) is 3.93. The number of hydrogen-bond acceptors (Lipinski definition) is 3. The predicted molar refractivity (Wildman–Crippen MR) is 96.6 cm³/mol. The Labute approximate surface area is 147 Å². The minimum atomic E-state index is -0.394. The normalized spacial score (nSPS) is 19.9. The smallest absolute Gasteiger partial charge is 0.246 e. The molecule has 0 radical (unpaired) electrons. The van der Waals surface area contributed by atoms with Gasteiger partial charge in [0, 0.05) is 24.6 Å². The summed E-state index contributed by atoms with van der Waals surface area (Å²) in [7, 11) is 0. The number of nitrogens with zero attached hydrogens (tertiary/aromatic N) is 2. The lowest BCUT2D eigenvalue weighted by Crippen LogP contribution is -2.36. The van der Waals surface area contributed by atoms with E-state index in [-0.39, 0.29) is 12.5 Å². The molecule has 1 heterocycles. The highest BCUT2D eigenvalue weighted by Crippen LogP contribution is 2.34. The van der Waals surface area contributed by atoms with Crippen molar-refractivity contribution in [2.75, 3.05) is 19.7 Å². The van der Waals surface area contributed by atoms with Crippen molar-refractivity contribution in [2.24, 2.45) is 0 Å². The second-order valence-electron chi connectivity index (χ2n) is 6.35. The van der Waals surface area contributed by atoms with Crippen LogP contribution in [0, 0.1) is 11.3 Å². The fraction of sp³-hybridized carbons (Fsp3) is 0.238. The van der Waals surface area contributed by atoms with Gasteiger partial charge < -0.3 is 10.0 Å². The SMILES string of the molecule is N#Cc1ccccc1/C=C/C(=O)N1CCC(CO)(c2ccccc2)C1. The predicted octanol–water partition coefficient (Wildman–Crippen LogP) is 2.73. The maximum absolute atomic E-state index is 12.5. The van der Waals surface area contributed by atoms with E-state index in [4.69, 9.17) is 5.26 Å². The highest BCUT2D eigenvalue weighted by Gasteiger charge is 2.40. The maximum Gasteiger partial charge on any atom is 0.246 e. The Morgan fingerprint density at radius 2 is 1.92 bits per heavy atom. The molecule has 1 aliphatic rings. The van der Waals surface area contributed by atoms with Crippen LogP contribution in [0.5, 0.6) is 0 Å². The summed E-state index contributed by atoms with van der Waals surface area (Å²) in [5, 5.41) is 19.1. The average Bonchev–Trinajstić information content (AvgIpc) is 3.13. The summed E-state index contributed by atoms with van der Waals surface area (Å²) < 4.78 is 0. The molecule has 0 bridgehead atoms. The van der Waals surface area contributed by atoms with Gasteiger partial charge in [0.15, 0.2) is 0 Å². The quantitative estimate of drug-likeness (QED) is 0.876. The molecule has 0 aromatic heterocycles. The summed E-state index contributed by atoms with van der Waals surface area (Å²) in [4.78, 5) is 14.3. The number of carbonyl (C=O) groups excluding carboxylic acids is 1. The molecule has 0 aliphatic carbocycles. The van der Waals surface area contributed by atoms with E-state index in [1.165, 1.54) is 6.08 Å². The van der Waals surface area contributed by atoms with Crippen LogP contribution in [0.15, 0.2) is 60.7 Å². The fourth-order valence-corrected chi connectivity index (χ4v) is 3.32. The number of hydrogen-bond donors (Lipinski definition) is 1. The first-order valence-electron chi connectivity index (χ1n) is 8.31. The molecular weight excluding hydrogens is 312 g/mol. The third-order valence-corrected chi connectivity index (χ3v) is 4.84. The minimum absolute atomic E-state index is 0.0156. The molecule has 3 rings (SSSR count). The highest BCUT2D eigenvalue weighted by molar-refractivity contribution is 5.92. The van der Waals surface area contributed by atoms with Gasteiger partial charge in [-0.2, -0.15) is 5.26 Å². The molecule has 2 aromatic rings. The van der Waals surface area contributed by atoms with Crippen molar-refractivity contribution < 1.29 is 9.90 Å². The number of carbonyl (C=O) groups is 1. The second kappa shape index (κ2) is 7.33. The van der Waals surface area contributed by atoms with E-state index in [1.807, 2.05) is 42.5 Å². The van der Waals surface area contributed by atoms with E-state index >= 15 is 0 Å². The zero-order valence-electron chi connectivity index (χ0n) is 13.9. The number of benzene rings is 2. The summed E-state index contributed by atoms with van der Waals surface area (Å²) >= 11 is 0. The summed E-state index contributed by atoms with van der Waals surface area (Å²) in [5.74, 6) is -0.0981. The number of likely N-dealkylation sites (tertiary alicyclic amines) is 1. The zero-order valence-corrected chi connectivity index (χ0v) is 13.9. The first-order valence-corrected chi connectivity index (χ1v) is 8.31. The number of aliphatic hydroxyl groups excluding tert-OH is 1. The molecule has 1 aliphatic heterocycles. The Morgan fingerprint density at radius 3 is 2.64 bits per heavy atom. The van der Waals surface area contributed by atoms with Crippen LogP contribution in [-0.2, 0) is 10.2 Å². The summed E-state index contributed by atoms with van der Waals surface area (Å²) in [5.41, 5.74) is 1.94. The molecule has 1 fully saturated rings. The third-order valence-electron chi connectivity index (χ3n) is 4.84. The molecule has 126 valence electrons. The van der Waals surface area contributed by atoms with E-state index in [0.29, 0.717) is 18.7 Å². The summed E-state index contributed by atoms with van der Waals surface area (Å²) in [6, 6.07) is 19.2. The topological polar surface area (TPSA) is 64.3 Å². The van der Waals surface area contributed by atoms with E-state index in [1.54, 1.807) is 23.1 Å². The lowest BCUT2D eigenvalue weighted by Gasteiger charge is -2.27. The standard InChI is InChI=1S/C21H20N2O2/c22-14-18-7-5-4-6-17(18)10-11-20(25)23-13-12-21(15-23,16-24)19-8-2-1-3-9-19/h1-11,24H,12-13,15-16H2/b11-10+. The molecule has 0 spiro atoms. The van der Waals surface area contributed by atoms with Crippen molar-refractivity contribution in [1.82, 2.24) is 4.90 Å². The molecule has 4 nitrogen and oxygen atoms in total. The van der Waals surface area contributed by atoms with Gasteiger partial charge in [-0.3, -0.25) is 4.79 Å². The number of amides is 1. The van der Waals surface area contributed by atoms with Crippen LogP contribution in [0.1, 0.15) is 23.1 Å². The second-order valence-corrected chi connectivity index (χ2v) is 6.35. The number of nitriles is 1. The van der Waals surface area contributed by atoms with Gasteiger partial charge in [-0.25, -0.2) is 0 Å². The average molecular weight is 332 g/mol. The van der Waals surface area contributed by atoms with Gasteiger partial charge in [0.1, 0.15) is 0 Å². The largest absolute Gasteiger partial charge is 0.395 e.